The van der Waals surface area contributed by atoms with Gasteiger partial charge in [0.1, 0.15) is 17.3 Å². The van der Waals surface area contributed by atoms with Gasteiger partial charge >= 0.3 is 0 Å². The SMILES string of the molecule is COc1ccc(CCNc2nc(C)cc(C(=O)NCc3ccc(F)cc3)n2)cc1. The van der Waals surface area contributed by atoms with E-state index < -0.39 is 0 Å². The molecule has 0 aliphatic carbocycles. The zero-order valence-corrected chi connectivity index (χ0v) is 16.4. The molecule has 0 aliphatic rings. The summed E-state index contributed by atoms with van der Waals surface area (Å²) in [5, 5.41) is 5.95. The smallest absolute Gasteiger partial charge is 0.270 e. The number of hydrogen-bond acceptors (Lipinski definition) is 5. The molecule has 1 amide bonds. The minimum Gasteiger partial charge on any atom is -0.497 e. The van der Waals surface area contributed by atoms with Gasteiger partial charge in [-0.1, -0.05) is 24.3 Å². The van der Waals surface area contributed by atoms with E-state index in [2.05, 4.69) is 20.6 Å². The normalized spacial score (nSPS) is 10.4. The van der Waals surface area contributed by atoms with Crippen LogP contribution in [0.1, 0.15) is 27.3 Å². The van der Waals surface area contributed by atoms with Crippen molar-refractivity contribution in [3.8, 4) is 5.75 Å². The Bertz CT molecular complexity index is 960. The zero-order valence-electron chi connectivity index (χ0n) is 16.4. The molecular formula is C22H23FN4O2. The number of aromatic nitrogens is 2. The van der Waals surface area contributed by atoms with E-state index in [1.54, 1.807) is 25.3 Å². The van der Waals surface area contributed by atoms with E-state index in [0.29, 0.717) is 24.7 Å². The van der Waals surface area contributed by atoms with Crippen LogP contribution in [0.5, 0.6) is 5.75 Å². The molecule has 2 aromatic carbocycles. The minimum absolute atomic E-state index is 0.284. The van der Waals surface area contributed by atoms with Crippen LogP contribution in [-0.4, -0.2) is 29.5 Å². The number of benzene rings is 2. The number of aryl methyl sites for hydroxylation is 1. The van der Waals surface area contributed by atoms with Crippen LogP contribution in [0.15, 0.2) is 54.6 Å². The number of nitrogens with zero attached hydrogens (tertiary/aromatic N) is 2. The topological polar surface area (TPSA) is 76.1 Å². The summed E-state index contributed by atoms with van der Waals surface area (Å²) in [4.78, 5) is 21.1. The summed E-state index contributed by atoms with van der Waals surface area (Å²) in [6.45, 7) is 2.74. The number of carbonyl (C=O) groups excluding carboxylic acids is 1. The van der Waals surface area contributed by atoms with Crippen molar-refractivity contribution in [3.63, 3.8) is 0 Å². The first kappa shape index (κ1) is 20.3. The van der Waals surface area contributed by atoms with Crippen molar-refractivity contribution in [2.24, 2.45) is 0 Å². The lowest BCUT2D eigenvalue weighted by Gasteiger charge is -2.09. The molecule has 29 heavy (non-hydrogen) atoms. The Balaban J connectivity index is 1.56. The number of carbonyl (C=O) groups is 1. The molecule has 0 radical (unpaired) electrons. The first-order valence-electron chi connectivity index (χ1n) is 9.28. The van der Waals surface area contributed by atoms with E-state index in [9.17, 15) is 9.18 Å². The predicted octanol–water partition coefficient (Wildman–Crippen LogP) is 3.52. The molecule has 0 bridgehead atoms. The lowest BCUT2D eigenvalue weighted by Crippen LogP contribution is -2.24. The van der Waals surface area contributed by atoms with Crippen molar-refractivity contribution in [2.45, 2.75) is 19.9 Å². The van der Waals surface area contributed by atoms with Crippen molar-refractivity contribution >= 4 is 11.9 Å². The largest absolute Gasteiger partial charge is 0.497 e. The van der Waals surface area contributed by atoms with E-state index in [1.165, 1.54) is 12.1 Å². The quantitative estimate of drug-likeness (QED) is 0.611. The number of methoxy groups -OCH3 is 1. The molecule has 3 rings (SSSR count). The second-order valence-corrected chi connectivity index (χ2v) is 6.55. The highest BCUT2D eigenvalue weighted by Gasteiger charge is 2.10. The highest BCUT2D eigenvalue weighted by Crippen LogP contribution is 2.12. The molecule has 0 fully saturated rings. The van der Waals surface area contributed by atoms with Crippen molar-refractivity contribution in [2.75, 3.05) is 19.0 Å². The number of halogens is 1. The maximum atomic E-state index is 13.0. The third-order valence-electron chi connectivity index (χ3n) is 4.31. The molecule has 0 spiro atoms. The van der Waals surface area contributed by atoms with Gasteiger partial charge in [0, 0.05) is 18.8 Å². The molecule has 1 heterocycles. The number of rotatable bonds is 8. The zero-order chi connectivity index (χ0) is 20.6. The second kappa shape index (κ2) is 9.64. The summed E-state index contributed by atoms with van der Waals surface area (Å²) in [5.41, 5.74) is 2.94. The lowest BCUT2D eigenvalue weighted by atomic mass is 10.1. The molecule has 6 nitrogen and oxygen atoms in total. The Hall–Kier alpha value is -3.48. The molecule has 150 valence electrons. The second-order valence-electron chi connectivity index (χ2n) is 6.55. The molecule has 2 N–H and O–H groups in total. The molecule has 0 saturated carbocycles. The molecule has 1 aromatic heterocycles. The van der Waals surface area contributed by atoms with E-state index in [1.807, 2.05) is 31.2 Å². The van der Waals surface area contributed by atoms with Crippen molar-refractivity contribution < 1.29 is 13.9 Å². The van der Waals surface area contributed by atoms with Crippen LogP contribution in [0.2, 0.25) is 0 Å². The maximum Gasteiger partial charge on any atom is 0.270 e. The van der Waals surface area contributed by atoms with Crippen LogP contribution < -0.4 is 15.4 Å². The summed E-state index contributed by atoms with van der Waals surface area (Å²) in [5.74, 6) is 0.611. The van der Waals surface area contributed by atoms with Gasteiger partial charge in [0.05, 0.1) is 7.11 Å². The van der Waals surface area contributed by atoms with Gasteiger partial charge in [-0.25, -0.2) is 14.4 Å². The highest BCUT2D eigenvalue weighted by atomic mass is 19.1. The molecule has 0 atom stereocenters. The third-order valence-corrected chi connectivity index (χ3v) is 4.31. The van der Waals surface area contributed by atoms with Crippen LogP contribution in [0.25, 0.3) is 0 Å². The predicted molar refractivity (Wildman–Crippen MR) is 110 cm³/mol. The molecule has 0 aliphatic heterocycles. The average Bonchev–Trinajstić information content (AvgIpc) is 2.73. The molecular weight excluding hydrogens is 371 g/mol. The van der Waals surface area contributed by atoms with E-state index in [4.69, 9.17) is 4.74 Å². The Morgan fingerprint density at radius 2 is 1.72 bits per heavy atom. The van der Waals surface area contributed by atoms with Gasteiger partial charge < -0.3 is 15.4 Å². The number of nitrogens with one attached hydrogen (secondary N) is 2. The van der Waals surface area contributed by atoms with E-state index in [-0.39, 0.29) is 17.4 Å². The summed E-state index contributed by atoms with van der Waals surface area (Å²) < 4.78 is 18.1. The van der Waals surface area contributed by atoms with Crippen molar-refractivity contribution in [1.29, 1.82) is 0 Å². The van der Waals surface area contributed by atoms with E-state index in [0.717, 1.165) is 23.3 Å². The molecule has 0 unspecified atom stereocenters. The Morgan fingerprint density at radius 1 is 1.03 bits per heavy atom. The third kappa shape index (κ3) is 6.00. The Kier molecular flexibility index (Phi) is 6.73. The van der Waals surface area contributed by atoms with Crippen molar-refractivity contribution in [1.82, 2.24) is 15.3 Å². The fourth-order valence-corrected chi connectivity index (χ4v) is 2.75. The van der Waals surface area contributed by atoms with Crippen LogP contribution in [0.4, 0.5) is 10.3 Å². The van der Waals surface area contributed by atoms with Crippen LogP contribution in [0, 0.1) is 12.7 Å². The lowest BCUT2D eigenvalue weighted by molar-refractivity contribution is 0.0945. The van der Waals surface area contributed by atoms with Crippen LogP contribution >= 0.6 is 0 Å². The first-order valence-corrected chi connectivity index (χ1v) is 9.28. The van der Waals surface area contributed by atoms with Gasteiger partial charge in [0.25, 0.3) is 5.91 Å². The molecule has 3 aromatic rings. The van der Waals surface area contributed by atoms with Gasteiger partial charge in [0.15, 0.2) is 0 Å². The first-order chi connectivity index (χ1) is 14.0. The minimum atomic E-state index is -0.308. The van der Waals surface area contributed by atoms with Gasteiger partial charge in [-0.3, -0.25) is 4.79 Å². The number of ether oxygens (including phenoxy) is 1. The monoisotopic (exact) mass is 394 g/mol. The van der Waals surface area contributed by atoms with Crippen molar-refractivity contribution in [3.05, 3.63) is 82.9 Å². The maximum absolute atomic E-state index is 13.0. The van der Waals surface area contributed by atoms with Gasteiger partial charge in [0.2, 0.25) is 5.95 Å². The summed E-state index contributed by atoms with van der Waals surface area (Å²) in [6.07, 6.45) is 0.785. The molecule has 7 heteroatoms. The fourth-order valence-electron chi connectivity index (χ4n) is 2.75. The summed E-state index contributed by atoms with van der Waals surface area (Å²) in [7, 11) is 1.64. The number of amides is 1. The van der Waals surface area contributed by atoms with Gasteiger partial charge in [-0.2, -0.15) is 0 Å². The standard InChI is InChI=1S/C22H23FN4O2/c1-15-13-20(21(28)25-14-17-3-7-18(23)8-4-17)27-22(26-15)24-12-11-16-5-9-19(29-2)10-6-16/h3-10,13H,11-12,14H2,1-2H3,(H,25,28)(H,24,26,27). The summed E-state index contributed by atoms with van der Waals surface area (Å²) >= 11 is 0. The van der Waals surface area contributed by atoms with E-state index >= 15 is 0 Å². The summed E-state index contributed by atoms with van der Waals surface area (Å²) in [6, 6.07) is 15.5. The average molecular weight is 394 g/mol. The van der Waals surface area contributed by atoms with Gasteiger partial charge in [-0.15, -0.1) is 0 Å². The molecule has 0 saturated heterocycles. The Labute approximate surface area is 169 Å². The Morgan fingerprint density at radius 3 is 2.41 bits per heavy atom. The van der Waals surface area contributed by atoms with Gasteiger partial charge in [-0.05, 0) is 54.8 Å². The number of hydrogen-bond donors (Lipinski definition) is 2. The highest BCUT2D eigenvalue weighted by molar-refractivity contribution is 5.92. The van der Waals surface area contributed by atoms with Crippen LogP contribution in [0.3, 0.4) is 0 Å². The number of anilines is 1. The fraction of sp³-hybridized carbons (Fsp3) is 0.227. The van der Waals surface area contributed by atoms with Crippen LogP contribution in [-0.2, 0) is 13.0 Å².